The first-order valence-corrected chi connectivity index (χ1v) is 7.20. The van der Waals surface area contributed by atoms with E-state index in [2.05, 4.69) is 52.6 Å². The largest absolute Gasteiger partial charge is 0.487 e. The molecule has 0 aromatic carbocycles. The Hall–Kier alpha value is -1.13. The van der Waals surface area contributed by atoms with Crippen LogP contribution in [0, 0.1) is 0 Å². The van der Waals surface area contributed by atoms with Crippen LogP contribution in [0.4, 0.5) is 0 Å². The second-order valence-electron chi connectivity index (χ2n) is 6.69. The predicted molar refractivity (Wildman–Crippen MR) is 83.4 cm³/mol. The molecule has 0 N–H and O–H groups in total. The molecule has 2 rings (SSSR count). The summed E-state index contributed by atoms with van der Waals surface area (Å²) in [6.07, 6.45) is 5.78. The molecule has 0 spiro atoms. The van der Waals surface area contributed by atoms with Gasteiger partial charge in [0.2, 0.25) is 0 Å². The van der Waals surface area contributed by atoms with Crippen LogP contribution in [0.25, 0.3) is 6.08 Å². The van der Waals surface area contributed by atoms with Crippen LogP contribution in [0.15, 0.2) is 24.4 Å². The van der Waals surface area contributed by atoms with Gasteiger partial charge in [-0.3, -0.25) is 4.98 Å². The molecule has 1 fully saturated rings. The van der Waals surface area contributed by atoms with Gasteiger partial charge in [-0.05, 0) is 50.8 Å². The Labute approximate surface area is 122 Å². The lowest BCUT2D eigenvalue weighted by Gasteiger charge is -2.32. The predicted octanol–water partition coefficient (Wildman–Crippen LogP) is 3.85. The molecule has 1 aromatic heterocycles. The van der Waals surface area contributed by atoms with Crippen molar-refractivity contribution in [1.82, 2.24) is 4.98 Å². The summed E-state index contributed by atoms with van der Waals surface area (Å²) < 4.78 is 11.9. The first kappa shape index (κ1) is 15.3. The highest BCUT2D eigenvalue weighted by Gasteiger charge is 2.49. The topological polar surface area (TPSA) is 31.4 Å². The molecule has 1 aliphatic heterocycles. The molecule has 1 aliphatic rings. The third kappa shape index (κ3) is 3.13. The number of hydrogen-bond donors (Lipinski definition) is 0. The van der Waals surface area contributed by atoms with Crippen LogP contribution in [0.2, 0.25) is 0 Å². The Balaban J connectivity index is 2.10. The zero-order valence-electron chi connectivity index (χ0n) is 13.3. The van der Waals surface area contributed by atoms with Gasteiger partial charge >= 0.3 is 7.12 Å². The summed E-state index contributed by atoms with van der Waals surface area (Å²) in [4.78, 5) is 4.28. The van der Waals surface area contributed by atoms with Gasteiger partial charge in [-0.2, -0.15) is 0 Å². The summed E-state index contributed by atoms with van der Waals surface area (Å²) >= 11 is 0. The van der Waals surface area contributed by atoms with Gasteiger partial charge in [0.05, 0.1) is 11.2 Å². The molecular weight excluding hydrogens is 249 g/mol. The van der Waals surface area contributed by atoms with Crippen molar-refractivity contribution in [3.05, 3.63) is 35.6 Å². The average Bonchev–Trinajstić information content (AvgIpc) is 2.56. The lowest BCUT2D eigenvalue weighted by atomic mass is 9.89. The Morgan fingerprint density at radius 2 is 1.70 bits per heavy atom. The first-order chi connectivity index (χ1) is 9.21. The maximum atomic E-state index is 5.93. The van der Waals surface area contributed by atoms with Gasteiger partial charge in [-0.1, -0.05) is 25.9 Å². The Morgan fingerprint density at radius 3 is 2.25 bits per heavy atom. The lowest BCUT2D eigenvalue weighted by Crippen LogP contribution is -2.41. The third-order valence-corrected chi connectivity index (χ3v) is 4.16. The highest BCUT2D eigenvalue weighted by Crippen LogP contribution is 2.37. The molecule has 1 saturated heterocycles. The highest BCUT2D eigenvalue weighted by molar-refractivity contribution is 6.52. The van der Waals surface area contributed by atoms with Gasteiger partial charge in [0, 0.05) is 12.4 Å². The molecule has 0 aliphatic carbocycles. The molecule has 1 aromatic rings. The Bertz CT molecular complexity index is 493. The van der Waals surface area contributed by atoms with E-state index in [1.807, 2.05) is 24.4 Å². The summed E-state index contributed by atoms with van der Waals surface area (Å²) in [5.41, 5.74) is 1.73. The van der Waals surface area contributed by atoms with Crippen molar-refractivity contribution in [2.75, 3.05) is 0 Å². The van der Waals surface area contributed by atoms with Crippen LogP contribution in [0.1, 0.15) is 58.6 Å². The molecule has 0 atom stereocenters. The monoisotopic (exact) mass is 273 g/mol. The standard InChI is InChI=1S/C16H24BNO2/c1-12(2)14-9-13(10-18-11-14)7-8-17-19-15(3,4)16(5,6)20-17/h7-12H,1-6H3/b8-7+. The fraction of sp³-hybridized carbons (Fsp3) is 0.562. The van der Waals surface area contributed by atoms with Crippen LogP contribution in [0.3, 0.4) is 0 Å². The average molecular weight is 273 g/mol. The van der Waals surface area contributed by atoms with Crippen molar-refractivity contribution in [1.29, 1.82) is 0 Å². The molecule has 4 heteroatoms. The van der Waals surface area contributed by atoms with Gasteiger partial charge in [0.15, 0.2) is 0 Å². The van der Waals surface area contributed by atoms with Gasteiger partial charge < -0.3 is 9.31 Å². The maximum absolute atomic E-state index is 5.93. The summed E-state index contributed by atoms with van der Waals surface area (Å²) in [6, 6.07) is 2.15. The van der Waals surface area contributed by atoms with Crippen LogP contribution < -0.4 is 0 Å². The molecule has 108 valence electrons. The smallest absolute Gasteiger partial charge is 0.400 e. The molecule has 0 radical (unpaired) electrons. The second-order valence-corrected chi connectivity index (χ2v) is 6.69. The molecule has 3 nitrogen and oxygen atoms in total. The molecule has 20 heavy (non-hydrogen) atoms. The molecule has 0 amide bonds. The molecular formula is C16H24BNO2. The van der Waals surface area contributed by atoms with Gasteiger partial charge in [0.25, 0.3) is 0 Å². The molecule has 0 unspecified atom stereocenters. The minimum absolute atomic E-state index is 0.292. The summed E-state index contributed by atoms with van der Waals surface area (Å²) in [6.45, 7) is 12.6. The van der Waals surface area contributed by atoms with Crippen molar-refractivity contribution in [2.45, 2.75) is 58.7 Å². The maximum Gasteiger partial charge on any atom is 0.487 e. The first-order valence-electron chi connectivity index (χ1n) is 7.20. The number of aromatic nitrogens is 1. The lowest BCUT2D eigenvalue weighted by molar-refractivity contribution is 0.00578. The molecule has 0 bridgehead atoms. The van der Waals surface area contributed by atoms with E-state index in [9.17, 15) is 0 Å². The minimum Gasteiger partial charge on any atom is -0.400 e. The van der Waals surface area contributed by atoms with E-state index in [0.29, 0.717) is 5.92 Å². The highest BCUT2D eigenvalue weighted by atomic mass is 16.7. The zero-order valence-corrected chi connectivity index (χ0v) is 13.3. The summed E-state index contributed by atoms with van der Waals surface area (Å²) in [5, 5.41) is 0. The Morgan fingerprint density at radius 1 is 1.10 bits per heavy atom. The number of pyridine rings is 1. The van der Waals surface area contributed by atoms with Crippen molar-refractivity contribution in [3.8, 4) is 0 Å². The normalized spacial score (nSPS) is 21.1. The fourth-order valence-electron chi connectivity index (χ4n) is 2.04. The van der Waals surface area contributed by atoms with Crippen LogP contribution in [0.5, 0.6) is 0 Å². The van der Waals surface area contributed by atoms with Crippen LogP contribution in [-0.2, 0) is 9.31 Å². The summed E-state index contributed by atoms with van der Waals surface area (Å²) in [5.74, 6) is 2.44. The van der Waals surface area contributed by atoms with E-state index < -0.39 is 0 Å². The minimum atomic E-state index is -0.303. The molecule has 0 saturated carbocycles. The van der Waals surface area contributed by atoms with E-state index in [-0.39, 0.29) is 18.3 Å². The van der Waals surface area contributed by atoms with E-state index in [0.717, 1.165) is 5.56 Å². The van der Waals surface area contributed by atoms with E-state index in [1.165, 1.54) is 5.56 Å². The number of hydrogen-bond acceptors (Lipinski definition) is 3. The zero-order chi connectivity index (χ0) is 15.0. The van der Waals surface area contributed by atoms with Crippen molar-refractivity contribution in [2.24, 2.45) is 0 Å². The van der Waals surface area contributed by atoms with Crippen molar-refractivity contribution < 1.29 is 9.31 Å². The van der Waals surface area contributed by atoms with Crippen molar-refractivity contribution >= 4 is 13.2 Å². The number of rotatable bonds is 3. The molecule has 2 heterocycles. The van der Waals surface area contributed by atoms with Crippen LogP contribution in [-0.4, -0.2) is 23.3 Å². The fourth-order valence-corrected chi connectivity index (χ4v) is 2.04. The number of nitrogens with zero attached hydrogens (tertiary/aromatic N) is 1. The van der Waals surface area contributed by atoms with Gasteiger partial charge in [-0.25, -0.2) is 0 Å². The van der Waals surface area contributed by atoms with E-state index in [4.69, 9.17) is 9.31 Å². The second kappa shape index (κ2) is 5.34. The summed E-state index contributed by atoms with van der Waals surface area (Å²) in [7, 11) is -0.303. The van der Waals surface area contributed by atoms with E-state index >= 15 is 0 Å². The van der Waals surface area contributed by atoms with Gasteiger partial charge in [-0.15, -0.1) is 0 Å². The van der Waals surface area contributed by atoms with Crippen molar-refractivity contribution in [3.63, 3.8) is 0 Å². The Kier molecular flexibility index (Phi) is 4.08. The third-order valence-electron chi connectivity index (χ3n) is 4.16. The quantitative estimate of drug-likeness (QED) is 0.784. The SMILES string of the molecule is CC(C)c1cncc(/C=C/B2OC(C)(C)C(C)(C)O2)c1. The van der Waals surface area contributed by atoms with Gasteiger partial charge in [0.1, 0.15) is 0 Å². The van der Waals surface area contributed by atoms with Crippen LogP contribution >= 0.6 is 0 Å². The van der Waals surface area contributed by atoms with E-state index in [1.54, 1.807) is 0 Å².